The first-order chi connectivity index (χ1) is 10.1. The van der Waals surface area contributed by atoms with Gasteiger partial charge in [-0.2, -0.15) is 0 Å². The van der Waals surface area contributed by atoms with Crippen LogP contribution in [0.5, 0.6) is 0 Å². The predicted molar refractivity (Wildman–Crippen MR) is 83.8 cm³/mol. The summed E-state index contributed by atoms with van der Waals surface area (Å²) < 4.78 is 18.6. The van der Waals surface area contributed by atoms with E-state index in [0.717, 1.165) is 57.8 Å². The molecule has 0 aromatic heterocycles. The van der Waals surface area contributed by atoms with Gasteiger partial charge in [-0.05, 0) is 44.1 Å². The van der Waals surface area contributed by atoms with Crippen LogP contribution in [-0.2, 0) is 11.3 Å². The van der Waals surface area contributed by atoms with E-state index >= 15 is 0 Å². The summed E-state index contributed by atoms with van der Waals surface area (Å²) in [6.07, 6.45) is 2.26. The third-order valence-electron chi connectivity index (χ3n) is 4.08. The minimum atomic E-state index is -0.175. The molecule has 4 heteroatoms. The summed E-state index contributed by atoms with van der Waals surface area (Å²) in [5, 5.41) is 3.54. The SMILES string of the molecule is CCCNCC1(CN(C)Cc2ccc(F)cc2)CCOC1. The summed E-state index contributed by atoms with van der Waals surface area (Å²) in [4.78, 5) is 2.32. The number of halogens is 1. The van der Waals surface area contributed by atoms with Crippen LogP contribution in [0.1, 0.15) is 25.3 Å². The van der Waals surface area contributed by atoms with E-state index in [2.05, 4.69) is 24.2 Å². The number of nitrogens with one attached hydrogen (secondary N) is 1. The molecule has 1 aliphatic rings. The minimum absolute atomic E-state index is 0.175. The van der Waals surface area contributed by atoms with Crippen molar-refractivity contribution in [2.24, 2.45) is 5.41 Å². The number of hydrogen-bond acceptors (Lipinski definition) is 3. The van der Waals surface area contributed by atoms with Gasteiger partial charge in [0.25, 0.3) is 0 Å². The summed E-state index contributed by atoms with van der Waals surface area (Å²) >= 11 is 0. The molecule has 1 aliphatic heterocycles. The normalized spacial score (nSPS) is 22.1. The van der Waals surface area contributed by atoms with Gasteiger partial charge in [-0.25, -0.2) is 4.39 Å². The van der Waals surface area contributed by atoms with Gasteiger partial charge in [-0.1, -0.05) is 19.1 Å². The van der Waals surface area contributed by atoms with E-state index in [9.17, 15) is 4.39 Å². The molecule has 118 valence electrons. The number of ether oxygens (including phenoxy) is 1. The van der Waals surface area contributed by atoms with E-state index < -0.39 is 0 Å². The third-order valence-corrected chi connectivity index (χ3v) is 4.08. The summed E-state index contributed by atoms with van der Waals surface area (Å²) in [5.74, 6) is -0.175. The Bertz CT molecular complexity index is 415. The van der Waals surface area contributed by atoms with Crippen LogP contribution in [0.4, 0.5) is 4.39 Å². The van der Waals surface area contributed by atoms with Crippen molar-refractivity contribution in [3.63, 3.8) is 0 Å². The highest BCUT2D eigenvalue weighted by Crippen LogP contribution is 2.29. The van der Waals surface area contributed by atoms with Crippen molar-refractivity contribution in [3.05, 3.63) is 35.6 Å². The van der Waals surface area contributed by atoms with E-state index in [4.69, 9.17) is 4.74 Å². The summed E-state index contributed by atoms with van der Waals surface area (Å²) in [6, 6.07) is 6.78. The first kappa shape index (κ1) is 16.4. The Labute approximate surface area is 127 Å². The molecule has 1 saturated heterocycles. The van der Waals surface area contributed by atoms with Crippen molar-refractivity contribution in [1.29, 1.82) is 0 Å². The maximum absolute atomic E-state index is 12.9. The van der Waals surface area contributed by atoms with Gasteiger partial charge in [0.05, 0.1) is 6.61 Å². The molecule has 0 radical (unpaired) electrons. The van der Waals surface area contributed by atoms with Crippen LogP contribution < -0.4 is 5.32 Å². The molecule has 1 N–H and O–H groups in total. The standard InChI is InChI=1S/C17H27FN2O/c1-3-9-19-12-17(8-10-21-14-17)13-20(2)11-15-4-6-16(18)7-5-15/h4-7,19H,3,8-14H2,1-2H3. The number of nitrogens with zero attached hydrogens (tertiary/aromatic N) is 1. The van der Waals surface area contributed by atoms with Crippen molar-refractivity contribution in [2.75, 3.05) is 39.9 Å². The Morgan fingerprint density at radius 2 is 2.10 bits per heavy atom. The average molecular weight is 294 g/mol. The molecule has 0 aliphatic carbocycles. The molecule has 0 spiro atoms. The van der Waals surface area contributed by atoms with Crippen molar-refractivity contribution >= 4 is 0 Å². The summed E-state index contributed by atoms with van der Waals surface area (Å²) in [5.41, 5.74) is 1.36. The van der Waals surface area contributed by atoms with Crippen molar-refractivity contribution in [3.8, 4) is 0 Å². The molecular formula is C17H27FN2O. The molecule has 1 aromatic carbocycles. The van der Waals surface area contributed by atoms with Crippen LogP contribution in [0.2, 0.25) is 0 Å². The van der Waals surface area contributed by atoms with Crippen LogP contribution >= 0.6 is 0 Å². The van der Waals surface area contributed by atoms with E-state index in [-0.39, 0.29) is 11.2 Å². The number of hydrogen-bond donors (Lipinski definition) is 1. The molecule has 3 nitrogen and oxygen atoms in total. The largest absolute Gasteiger partial charge is 0.381 e. The van der Waals surface area contributed by atoms with Gasteiger partial charge in [-0.15, -0.1) is 0 Å². The van der Waals surface area contributed by atoms with Crippen LogP contribution in [0.25, 0.3) is 0 Å². The monoisotopic (exact) mass is 294 g/mol. The topological polar surface area (TPSA) is 24.5 Å². The van der Waals surface area contributed by atoms with Gasteiger partial charge in [0, 0.05) is 31.7 Å². The van der Waals surface area contributed by atoms with Gasteiger partial charge in [0.1, 0.15) is 5.82 Å². The van der Waals surface area contributed by atoms with Crippen molar-refractivity contribution in [2.45, 2.75) is 26.3 Å². The lowest BCUT2D eigenvalue weighted by Gasteiger charge is -2.32. The quantitative estimate of drug-likeness (QED) is 0.746. The van der Waals surface area contributed by atoms with E-state index in [0.29, 0.717) is 0 Å². The lowest BCUT2D eigenvalue weighted by molar-refractivity contribution is 0.116. The fraction of sp³-hybridized carbons (Fsp3) is 0.647. The van der Waals surface area contributed by atoms with Gasteiger partial charge in [0.15, 0.2) is 0 Å². The van der Waals surface area contributed by atoms with Gasteiger partial charge < -0.3 is 15.0 Å². The van der Waals surface area contributed by atoms with Gasteiger partial charge in [-0.3, -0.25) is 0 Å². The zero-order chi connectivity index (χ0) is 15.1. The second-order valence-electron chi connectivity index (χ2n) is 6.28. The molecule has 0 saturated carbocycles. The van der Waals surface area contributed by atoms with E-state index in [1.165, 1.54) is 12.1 Å². The molecule has 1 aromatic rings. The number of benzene rings is 1. The van der Waals surface area contributed by atoms with E-state index in [1.54, 1.807) is 0 Å². The zero-order valence-electron chi connectivity index (χ0n) is 13.2. The first-order valence-corrected chi connectivity index (χ1v) is 7.85. The fourth-order valence-electron chi connectivity index (χ4n) is 3.03. The van der Waals surface area contributed by atoms with Crippen LogP contribution in [0.3, 0.4) is 0 Å². The summed E-state index contributed by atoms with van der Waals surface area (Å²) in [7, 11) is 2.13. The average Bonchev–Trinajstić information content (AvgIpc) is 2.90. The highest BCUT2D eigenvalue weighted by Gasteiger charge is 2.35. The molecule has 0 bridgehead atoms. The Morgan fingerprint density at radius 1 is 1.33 bits per heavy atom. The zero-order valence-corrected chi connectivity index (χ0v) is 13.2. The highest BCUT2D eigenvalue weighted by molar-refractivity contribution is 5.15. The van der Waals surface area contributed by atoms with E-state index in [1.807, 2.05) is 12.1 Å². The molecular weight excluding hydrogens is 267 g/mol. The Balaban J connectivity index is 1.88. The summed E-state index contributed by atoms with van der Waals surface area (Å²) in [6.45, 7) is 7.79. The van der Waals surface area contributed by atoms with Crippen molar-refractivity contribution < 1.29 is 9.13 Å². The number of rotatable bonds is 8. The molecule has 1 unspecified atom stereocenters. The predicted octanol–water partition coefficient (Wildman–Crippen LogP) is 2.66. The molecule has 21 heavy (non-hydrogen) atoms. The lowest BCUT2D eigenvalue weighted by Crippen LogP contribution is -2.43. The maximum atomic E-state index is 12.9. The molecule has 1 heterocycles. The van der Waals surface area contributed by atoms with Crippen molar-refractivity contribution in [1.82, 2.24) is 10.2 Å². The molecule has 0 amide bonds. The van der Waals surface area contributed by atoms with Gasteiger partial charge in [0.2, 0.25) is 0 Å². The lowest BCUT2D eigenvalue weighted by atomic mass is 9.86. The Morgan fingerprint density at radius 3 is 2.71 bits per heavy atom. The molecule has 1 fully saturated rings. The Hall–Kier alpha value is -0.970. The molecule has 2 rings (SSSR count). The Kier molecular flexibility index (Phi) is 6.15. The van der Waals surface area contributed by atoms with Crippen LogP contribution in [0.15, 0.2) is 24.3 Å². The van der Waals surface area contributed by atoms with Crippen LogP contribution in [-0.4, -0.2) is 44.8 Å². The van der Waals surface area contributed by atoms with Crippen LogP contribution in [0, 0.1) is 11.2 Å². The fourth-order valence-corrected chi connectivity index (χ4v) is 3.03. The first-order valence-electron chi connectivity index (χ1n) is 7.85. The second kappa shape index (κ2) is 7.87. The second-order valence-corrected chi connectivity index (χ2v) is 6.28. The third kappa shape index (κ3) is 5.06. The van der Waals surface area contributed by atoms with Gasteiger partial charge >= 0.3 is 0 Å². The highest BCUT2D eigenvalue weighted by atomic mass is 19.1. The maximum Gasteiger partial charge on any atom is 0.123 e. The smallest absolute Gasteiger partial charge is 0.123 e. The molecule has 1 atom stereocenters. The minimum Gasteiger partial charge on any atom is -0.381 e.